The number of nitrogens with zero attached hydrogens (tertiary/aromatic N) is 1. The van der Waals surface area contributed by atoms with Crippen molar-refractivity contribution in [2.45, 2.75) is 45.1 Å². The Morgan fingerprint density at radius 1 is 1.23 bits per heavy atom. The smallest absolute Gasteiger partial charge is 0.0278 e. The van der Waals surface area contributed by atoms with Crippen LogP contribution in [0.5, 0.6) is 0 Å². The molecular formula is C11H22N2. The predicted octanol–water partition coefficient (Wildman–Crippen LogP) is 1.60. The second-order valence-electron chi connectivity index (χ2n) is 5.21. The van der Waals surface area contributed by atoms with Crippen molar-refractivity contribution in [3.05, 3.63) is 0 Å². The molecule has 0 amide bonds. The van der Waals surface area contributed by atoms with Crippen molar-refractivity contribution in [2.24, 2.45) is 11.1 Å². The zero-order valence-corrected chi connectivity index (χ0v) is 8.97. The highest BCUT2D eigenvalue weighted by molar-refractivity contribution is 5.06. The van der Waals surface area contributed by atoms with Crippen molar-refractivity contribution in [3.8, 4) is 0 Å². The summed E-state index contributed by atoms with van der Waals surface area (Å²) in [4.78, 5) is 2.54. The zero-order chi connectivity index (χ0) is 9.53. The van der Waals surface area contributed by atoms with Crippen molar-refractivity contribution < 1.29 is 0 Å². The Bertz CT molecular complexity index is 184. The minimum atomic E-state index is 0.0799. The molecule has 2 nitrogen and oxygen atoms in total. The molecule has 2 N–H and O–H groups in total. The highest BCUT2D eigenvalue weighted by Gasteiger charge is 2.52. The van der Waals surface area contributed by atoms with Gasteiger partial charge in [0.25, 0.3) is 0 Å². The molecule has 0 aromatic heterocycles. The summed E-state index contributed by atoms with van der Waals surface area (Å²) >= 11 is 0. The van der Waals surface area contributed by atoms with Gasteiger partial charge in [0.1, 0.15) is 0 Å². The highest BCUT2D eigenvalue weighted by Crippen LogP contribution is 2.52. The Labute approximate surface area is 81.5 Å². The van der Waals surface area contributed by atoms with Gasteiger partial charge in [0.2, 0.25) is 0 Å². The van der Waals surface area contributed by atoms with E-state index in [2.05, 4.69) is 18.7 Å². The van der Waals surface area contributed by atoms with E-state index in [0.29, 0.717) is 0 Å². The van der Waals surface area contributed by atoms with Crippen molar-refractivity contribution in [1.82, 2.24) is 4.90 Å². The summed E-state index contributed by atoms with van der Waals surface area (Å²) in [6, 6.07) is 0. The standard InChI is InChI=1S/C11H22N2/c1-3-11(12,4-2)9-13-7-10(8-13)5-6-10/h3-9,12H2,1-2H3. The molecule has 1 spiro atoms. The molecule has 0 atom stereocenters. The first-order valence-electron chi connectivity index (χ1n) is 5.63. The van der Waals surface area contributed by atoms with Crippen molar-refractivity contribution in [2.75, 3.05) is 19.6 Å². The lowest BCUT2D eigenvalue weighted by Gasteiger charge is -2.44. The molecule has 0 aromatic carbocycles. The third kappa shape index (κ3) is 1.75. The van der Waals surface area contributed by atoms with E-state index in [9.17, 15) is 0 Å². The van der Waals surface area contributed by atoms with Gasteiger partial charge in [-0.2, -0.15) is 0 Å². The molecule has 1 aliphatic carbocycles. The van der Waals surface area contributed by atoms with Crippen LogP contribution in [0.25, 0.3) is 0 Å². The van der Waals surface area contributed by atoms with Gasteiger partial charge in [-0.1, -0.05) is 13.8 Å². The van der Waals surface area contributed by atoms with Crippen molar-refractivity contribution in [3.63, 3.8) is 0 Å². The van der Waals surface area contributed by atoms with Gasteiger partial charge in [-0.05, 0) is 31.1 Å². The topological polar surface area (TPSA) is 29.3 Å². The number of hydrogen-bond donors (Lipinski definition) is 1. The Kier molecular flexibility index (Phi) is 2.16. The summed E-state index contributed by atoms with van der Waals surface area (Å²) in [5.41, 5.74) is 7.13. The second-order valence-corrected chi connectivity index (χ2v) is 5.21. The van der Waals surface area contributed by atoms with E-state index in [1.807, 2.05) is 0 Å². The van der Waals surface area contributed by atoms with Crippen LogP contribution >= 0.6 is 0 Å². The maximum absolute atomic E-state index is 6.27. The Hall–Kier alpha value is -0.0800. The van der Waals surface area contributed by atoms with E-state index in [1.54, 1.807) is 0 Å². The van der Waals surface area contributed by atoms with Gasteiger partial charge in [0, 0.05) is 25.2 Å². The molecule has 0 unspecified atom stereocenters. The molecular weight excluding hydrogens is 160 g/mol. The summed E-state index contributed by atoms with van der Waals surface area (Å²) in [6.45, 7) is 8.17. The van der Waals surface area contributed by atoms with Crippen LogP contribution in [0.3, 0.4) is 0 Å². The molecule has 0 radical (unpaired) electrons. The minimum Gasteiger partial charge on any atom is -0.324 e. The summed E-state index contributed by atoms with van der Waals surface area (Å²) < 4.78 is 0. The SMILES string of the molecule is CCC(N)(CC)CN1CC2(CC2)C1. The van der Waals surface area contributed by atoms with Gasteiger partial charge in [-0.25, -0.2) is 0 Å². The lowest BCUT2D eigenvalue weighted by Crippen LogP contribution is -2.57. The van der Waals surface area contributed by atoms with Crippen LogP contribution in [0, 0.1) is 5.41 Å². The fourth-order valence-electron chi connectivity index (χ4n) is 2.43. The molecule has 1 saturated carbocycles. The zero-order valence-electron chi connectivity index (χ0n) is 8.97. The van der Waals surface area contributed by atoms with Crippen LogP contribution in [0.15, 0.2) is 0 Å². The van der Waals surface area contributed by atoms with Crippen LogP contribution in [0.2, 0.25) is 0 Å². The maximum atomic E-state index is 6.27. The molecule has 2 rings (SSSR count). The molecule has 13 heavy (non-hydrogen) atoms. The summed E-state index contributed by atoms with van der Waals surface area (Å²) in [5, 5.41) is 0. The summed E-state index contributed by atoms with van der Waals surface area (Å²) in [6.07, 6.45) is 5.15. The Balaban J connectivity index is 1.77. The third-order valence-electron chi connectivity index (χ3n) is 4.02. The van der Waals surface area contributed by atoms with Crippen molar-refractivity contribution >= 4 is 0 Å². The van der Waals surface area contributed by atoms with E-state index in [1.165, 1.54) is 25.9 Å². The van der Waals surface area contributed by atoms with Crippen molar-refractivity contribution in [1.29, 1.82) is 0 Å². The Morgan fingerprint density at radius 2 is 1.77 bits per heavy atom. The van der Waals surface area contributed by atoms with E-state index in [-0.39, 0.29) is 5.54 Å². The molecule has 2 aliphatic rings. The van der Waals surface area contributed by atoms with E-state index >= 15 is 0 Å². The molecule has 2 heteroatoms. The third-order valence-corrected chi connectivity index (χ3v) is 4.02. The molecule has 1 aliphatic heterocycles. The first-order chi connectivity index (χ1) is 6.11. The maximum Gasteiger partial charge on any atom is 0.0278 e. The van der Waals surface area contributed by atoms with Crippen LogP contribution in [-0.4, -0.2) is 30.1 Å². The average Bonchev–Trinajstić information content (AvgIpc) is 2.83. The molecule has 0 bridgehead atoms. The summed E-state index contributed by atoms with van der Waals surface area (Å²) in [5.74, 6) is 0. The van der Waals surface area contributed by atoms with E-state index in [0.717, 1.165) is 24.8 Å². The fraction of sp³-hybridized carbons (Fsp3) is 1.00. The lowest BCUT2D eigenvalue weighted by atomic mass is 9.89. The van der Waals surface area contributed by atoms with Crippen LogP contribution in [0.4, 0.5) is 0 Å². The fourth-order valence-corrected chi connectivity index (χ4v) is 2.43. The first-order valence-corrected chi connectivity index (χ1v) is 5.63. The molecule has 1 saturated heterocycles. The average molecular weight is 182 g/mol. The van der Waals surface area contributed by atoms with Crippen LogP contribution < -0.4 is 5.73 Å². The minimum absolute atomic E-state index is 0.0799. The predicted molar refractivity (Wildman–Crippen MR) is 55.6 cm³/mol. The molecule has 76 valence electrons. The summed E-state index contributed by atoms with van der Waals surface area (Å²) in [7, 11) is 0. The van der Waals surface area contributed by atoms with Crippen LogP contribution in [-0.2, 0) is 0 Å². The number of rotatable bonds is 4. The first kappa shape index (κ1) is 9.47. The number of nitrogens with two attached hydrogens (primary N) is 1. The monoisotopic (exact) mass is 182 g/mol. The van der Waals surface area contributed by atoms with Gasteiger partial charge >= 0.3 is 0 Å². The van der Waals surface area contributed by atoms with Gasteiger partial charge in [-0.15, -0.1) is 0 Å². The second kappa shape index (κ2) is 2.96. The lowest BCUT2D eigenvalue weighted by molar-refractivity contribution is 0.0545. The van der Waals surface area contributed by atoms with E-state index in [4.69, 9.17) is 5.73 Å². The van der Waals surface area contributed by atoms with Gasteiger partial charge in [0.15, 0.2) is 0 Å². The number of hydrogen-bond acceptors (Lipinski definition) is 2. The van der Waals surface area contributed by atoms with Gasteiger partial charge in [-0.3, -0.25) is 0 Å². The molecule has 0 aromatic rings. The molecule has 1 heterocycles. The quantitative estimate of drug-likeness (QED) is 0.715. The van der Waals surface area contributed by atoms with Gasteiger partial charge < -0.3 is 10.6 Å². The Morgan fingerprint density at radius 3 is 2.15 bits per heavy atom. The van der Waals surface area contributed by atoms with E-state index < -0.39 is 0 Å². The largest absolute Gasteiger partial charge is 0.324 e. The normalized spacial score (nSPS) is 26.1. The highest BCUT2D eigenvalue weighted by atomic mass is 15.2. The number of likely N-dealkylation sites (tertiary alicyclic amines) is 1. The van der Waals surface area contributed by atoms with Crippen LogP contribution in [0.1, 0.15) is 39.5 Å². The molecule has 2 fully saturated rings. The van der Waals surface area contributed by atoms with Gasteiger partial charge in [0.05, 0.1) is 0 Å².